The number of likely N-dealkylation sites (tertiary alicyclic amines) is 1. The molecule has 0 bridgehead atoms. The zero-order chi connectivity index (χ0) is 15.4. The molecule has 5 nitrogen and oxygen atoms in total. The van der Waals surface area contributed by atoms with E-state index in [-0.39, 0.29) is 11.7 Å². The summed E-state index contributed by atoms with van der Waals surface area (Å²) in [7, 11) is 5.39. The number of hydrogen-bond acceptors (Lipinski definition) is 4. The van der Waals surface area contributed by atoms with Crippen LogP contribution in [0.15, 0.2) is 18.2 Å². The van der Waals surface area contributed by atoms with Gasteiger partial charge >= 0.3 is 0 Å². The fourth-order valence-corrected chi connectivity index (χ4v) is 2.78. The summed E-state index contributed by atoms with van der Waals surface area (Å²) in [4.78, 5) is 16.5. The minimum absolute atomic E-state index is 0.0831. The van der Waals surface area contributed by atoms with Crippen molar-refractivity contribution in [3.8, 4) is 11.5 Å². The lowest BCUT2D eigenvalue weighted by Gasteiger charge is -2.31. The fraction of sp³-hybridized carbons (Fsp3) is 0.562. The third-order valence-corrected chi connectivity index (χ3v) is 4.17. The van der Waals surface area contributed by atoms with Crippen molar-refractivity contribution >= 4 is 5.91 Å². The minimum atomic E-state index is -0.162. The number of benzene rings is 1. The van der Waals surface area contributed by atoms with Crippen LogP contribution in [0.1, 0.15) is 23.2 Å². The van der Waals surface area contributed by atoms with Gasteiger partial charge in [0.15, 0.2) is 11.5 Å². The van der Waals surface area contributed by atoms with E-state index in [9.17, 15) is 9.90 Å². The van der Waals surface area contributed by atoms with Crippen molar-refractivity contribution in [2.75, 3.05) is 40.8 Å². The van der Waals surface area contributed by atoms with Crippen LogP contribution in [0.5, 0.6) is 11.5 Å². The van der Waals surface area contributed by atoms with E-state index < -0.39 is 0 Å². The van der Waals surface area contributed by atoms with Crippen LogP contribution in [0.3, 0.4) is 0 Å². The smallest absolute Gasteiger partial charge is 0.257 e. The number of carbonyl (C=O) groups is 1. The monoisotopic (exact) mass is 292 g/mol. The highest BCUT2D eigenvalue weighted by Crippen LogP contribution is 2.30. The molecule has 1 amide bonds. The van der Waals surface area contributed by atoms with Crippen molar-refractivity contribution < 1.29 is 14.6 Å². The quantitative estimate of drug-likeness (QED) is 0.919. The molecular formula is C16H24N2O3. The number of phenolic OH excluding ortho intramolecular Hbond substituents is 1. The van der Waals surface area contributed by atoms with Gasteiger partial charge in [-0.25, -0.2) is 0 Å². The predicted molar refractivity (Wildman–Crippen MR) is 81.8 cm³/mol. The molecule has 1 aliphatic heterocycles. The molecule has 0 aromatic heterocycles. The van der Waals surface area contributed by atoms with Crippen molar-refractivity contribution in [1.82, 2.24) is 9.80 Å². The first-order valence-electron chi connectivity index (χ1n) is 7.33. The highest BCUT2D eigenvalue weighted by atomic mass is 16.5. The number of piperidine rings is 1. The van der Waals surface area contributed by atoms with Crippen LogP contribution < -0.4 is 4.74 Å². The number of hydrogen-bond donors (Lipinski definition) is 1. The summed E-state index contributed by atoms with van der Waals surface area (Å²) in [6.07, 6.45) is 2.22. The maximum absolute atomic E-state index is 12.5. The molecule has 1 N–H and O–H groups in total. The van der Waals surface area contributed by atoms with E-state index in [2.05, 4.69) is 11.9 Å². The first-order chi connectivity index (χ1) is 10.0. The Morgan fingerprint density at radius 2 is 2.10 bits per heavy atom. The van der Waals surface area contributed by atoms with E-state index in [1.54, 1.807) is 30.1 Å². The second-order valence-electron chi connectivity index (χ2n) is 5.79. The first kappa shape index (κ1) is 15.6. The van der Waals surface area contributed by atoms with Gasteiger partial charge in [-0.05, 0) is 51.0 Å². The summed E-state index contributed by atoms with van der Waals surface area (Å²) in [5.41, 5.74) is 0.296. The van der Waals surface area contributed by atoms with Crippen LogP contribution in [0.25, 0.3) is 0 Å². The van der Waals surface area contributed by atoms with Crippen LogP contribution in [-0.4, -0.2) is 61.7 Å². The average molecular weight is 292 g/mol. The normalized spacial score (nSPS) is 16.7. The van der Waals surface area contributed by atoms with Gasteiger partial charge in [-0.15, -0.1) is 0 Å². The second-order valence-corrected chi connectivity index (χ2v) is 5.79. The molecule has 116 valence electrons. The highest BCUT2D eigenvalue weighted by Gasteiger charge is 2.23. The Morgan fingerprint density at radius 1 is 1.43 bits per heavy atom. The number of rotatable bonds is 4. The third kappa shape index (κ3) is 3.67. The van der Waals surface area contributed by atoms with Gasteiger partial charge < -0.3 is 19.6 Å². The third-order valence-electron chi connectivity index (χ3n) is 4.17. The molecule has 1 aromatic rings. The molecule has 0 aliphatic carbocycles. The molecule has 5 heteroatoms. The van der Waals surface area contributed by atoms with E-state index >= 15 is 0 Å². The number of amides is 1. The Kier molecular flexibility index (Phi) is 5.07. The Bertz CT molecular complexity index is 496. The lowest BCUT2D eigenvalue weighted by Crippen LogP contribution is -2.38. The topological polar surface area (TPSA) is 53.0 Å². The van der Waals surface area contributed by atoms with E-state index in [1.807, 2.05) is 0 Å². The predicted octanol–water partition coefficient (Wildman–Crippen LogP) is 1.81. The molecule has 1 heterocycles. The Labute approximate surface area is 126 Å². The van der Waals surface area contributed by atoms with Gasteiger partial charge in [-0.1, -0.05) is 6.07 Å². The Morgan fingerprint density at radius 3 is 2.71 bits per heavy atom. The van der Waals surface area contributed by atoms with Crippen LogP contribution in [0.2, 0.25) is 0 Å². The second kappa shape index (κ2) is 6.80. The van der Waals surface area contributed by atoms with E-state index in [0.29, 0.717) is 17.2 Å². The maximum Gasteiger partial charge on any atom is 0.257 e. The lowest BCUT2D eigenvalue weighted by atomic mass is 9.96. The summed E-state index contributed by atoms with van der Waals surface area (Å²) >= 11 is 0. The molecule has 21 heavy (non-hydrogen) atoms. The molecule has 0 unspecified atom stereocenters. The van der Waals surface area contributed by atoms with Crippen LogP contribution in [0, 0.1) is 5.92 Å². The molecule has 1 saturated heterocycles. The molecular weight excluding hydrogens is 268 g/mol. The average Bonchev–Trinajstić information content (AvgIpc) is 2.49. The molecule has 0 spiro atoms. The molecule has 0 radical (unpaired) electrons. The summed E-state index contributed by atoms with van der Waals surface area (Å²) in [5, 5.41) is 10.1. The van der Waals surface area contributed by atoms with Gasteiger partial charge in [0, 0.05) is 13.6 Å². The number of para-hydroxylation sites is 1. The van der Waals surface area contributed by atoms with Crippen molar-refractivity contribution in [2.45, 2.75) is 12.8 Å². The minimum Gasteiger partial charge on any atom is -0.504 e. The van der Waals surface area contributed by atoms with Crippen molar-refractivity contribution in [3.05, 3.63) is 23.8 Å². The van der Waals surface area contributed by atoms with E-state index in [0.717, 1.165) is 32.5 Å². The van der Waals surface area contributed by atoms with Gasteiger partial charge in [-0.3, -0.25) is 4.79 Å². The van der Waals surface area contributed by atoms with Crippen LogP contribution >= 0.6 is 0 Å². The molecule has 1 fully saturated rings. The van der Waals surface area contributed by atoms with Gasteiger partial charge in [0.2, 0.25) is 0 Å². The summed E-state index contributed by atoms with van der Waals surface area (Å²) in [6, 6.07) is 4.99. The number of methoxy groups -OCH3 is 1. The highest BCUT2D eigenvalue weighted by molar-refractivity contribution is 5.97. The standard InChI is InChI=1S/C16H24N2O3/c1-17-9-7-12(8-10-17)11-18(2)16(20)13-5-4-6-14(21-3)15(13)19/h4-6,12,19H,7-11H2,1-3H3. The first-order valence-corrected chi connectivity index (χ1v) is 7.33. The zero-order valence-electron chi connectivity index (χ0n) is 13.0. The molecule has 1 aliphatic rings. The summed E-state index contributed by atoms with van der Waals surface area (Å²) in [5.74, 6) is 0.613. The van der Waals surface area contributed by atoms with Crippen LogP contribution in [-0.2, 0) is 0 Å². The number of ether oxygens (including phenoxy) is 1. The van der Waals surface area contributed by atoms with E-state index in [1.165, 1.54) is 7.11 Å². The van der Waals surface area contributed by atoms with Gasteiger partial charge in [0.25, 0.3) is 5.91 Å². The maximum atomic E-state index is 12.5. The van der Waals surface area contributed by atoms with Crippen molar-refractivity contribution in [1.29, 1.82) is 0 Å². The molecule has 0 saturated carbocycles. The molecule has 1 aromatic carbocycles. The largest absolute Gasteiger partial charge is 0.504 e. The number of nitrogens with zero attached hydrogens (tertiary/aromatic N) is 2. The number of aromatic hydroxyl groups is 1. The van der Waals surface area contributed by atoms with Crippen LogP contribution in [0.4, 0.5) is 0 Å². The Hall–Kier alpha value is -1.75. The lowest BCUT2D eigenvalue weighted by molar-refractivity contribution is 0.0743. The van der Waals surface area contributed by atoms with Gasteiger partial charge in [0.1, 0.15) is 0 Å². The van der Waals surface area contributed by atoms with Gasteiger partial charge in [-0.2, -0.15) is 0 Å². The van der Waals surface area contributed by atoms with Crippen molar-refractivity contribution in [2.24, 2.45) is 5.92 Å². The van der Waals surface area contributed by atoms with E-state index in [4.69, 9.17) is 4.74 Å². The molecule has 2 rings (SSSR count). The van der Waals surface area contributed by atoms with Crippen molar-refractivity contribution in [3.63, 3.8) is 0 Å². The SMILES string of the molecule is COc1cccc(C(=O)N(C)CC2CCN(C)CC2)c1O. The molecule has 0 atom stereocenters. The fourth-order valence-electron chi connectivity index (χ4n) is 2.78. The summed E-state index contributed by atoms with van der Waals surface area (Å²) in [6.45, 7) is 2.89. The number of carbonyl (C=O) groups excluding carboxylic acids is 1. The van der Waals surface area contributed by atoms with Gasteiger partial charge in [0.05, 0.1) is 12.7 Å². The Balaban J connectivity index is 2.02. The number of phenols is 1. The summed E-state index contributed by atoms with van der Waals surface area (Å²) < 4.78 is 5.05. The zero-order valence-corrected chi connectivity index (χ0v) is 13.0.